The van der Waals surface area contributed by atoms with Crippen molar-refractivity contribution < 1.29 is 28.6 Å². The summed E-state index contributed by atoms with van der Waals surface area (Å²) < 4.78 is 21.8. The number of furan rings is 1. The number of nitrogens with two attached hydrogens (primary N) is 1. The summed E-state index contributed by atoms with van der Waals surface area (Å²) in [5.74, 6) is 2.77. The standard InChI is InChI=1S/C16H20N2O6/c1-21-11-8-13(22-2)15(14(9-11)23-3)12-5-4-10(24-12)6-7-18(20)16(17)19/h4-5,8-9,20H,6-7H2,1-3H3,(H2,17,19). The van der Waals surface area contributed by atoms with Gasteiger partial charge in [0.15, 0.2) is 0 Å². The van der Waals surface area contributed by atoms with Gasteiger partial charge in [0.1, 0.15) is 34.3 Å². The lowest BCUT2D eigenvalue weighted by molar-refractivity contribution is -0.0390. The second-order valence-corrected chi connectivity index (χ2v) is 4.88. The first-order valence-corrected chi connectivity index (χ1v) is 7.15. The Morgan fingerprint density at radius 2 is 1.79 bits per heavy atom. The van der Waals surface area contributed by atoms with Gasteiger partial charge in [0, 0.05) is 18.6 Å². The van der Waals surface area contributed by atoms with Crippen LogP contribution in [0, 0.1) is 0 Å². The zero-order valence-corrected chi connectivity index (χ0v) is 13.7. The van der Waals surface area contributed by atoms with E-state index < -0.39 is 6.03 Å². The van der Waals surface area contributed by atoms with E-state index in [1.165, 1.54) is 14.2 Å². The lowest BCUT2D eigenvalue weighted by atomic mass is 10.1. The number of methoxy groups -OCH3 is 3. The number of benzene rings is 1. The van der Waals surface area contributed by atoms with Gasteiger partial charge in [0.25, 0.3) is 0 Å². The van der Waals surface area contributed by atoms with Gasteiger partial charge in [-0.15, -0.1) is 0 Å². The van der Waals surface area contributed by atoms with Crippen LogP contribution < -0.4 is 19.9 Å². The van der Waals surface area contributed by atoms with Crippen molar-refractivity contribution in [3.05, 3.63) is 30.0 Å². The molecule has 0 aliphatic carbocycles. The number of hydroxylamine groups is 2. The van der Waals surface area contributed by atoms with Crippen molar-refractivity contribution in [3.63, 3.8) is 0 Å². The fourth-order valence-corrected chi connectivity index (χ4v) is 2.22. The minimum Gasteiger partial charge on any atom is -0.496 e. The van der Waals surface area contributed by atoms with Gasteiger partial charge in [0.05, 0.1) is 27.9 Å². The Kier molecular flexibility index (Phi) is 5.54. The third-order valence-corrected chi connectivity index (χ3v) is 3.45. The molecule has 3 N–H and O–H groups in total. The summed E-state index contributed by atoms with van der Waals surface area (Å²) in [6.45, 7) is 0.0270. The molecule has 8 heteroatoms. The van der Waals surface area contributed by atoms with Crippen LogP contribution in [0.15, 0.2) is 28.7 Å². The highest BCUT2D eigenvalue weighted by Gasteiger charge is 2.19. The lowest BCUT2D eigenvalue weighted by Gasteiger charge is -2.13. The van der Waals surface area contributed by atoms with E-state index in [1.54, 1.807) is 31.4 Å². The second kappa shape index (κ2) is 7.60. The molecule has 0 saturated heterocycles. The molecular weight excluding hydrogens is 316 g/mol. The van der Waals surface area contributed by atoms with Crippen molar-refractivity contribution in [2.75, 3.05) is 27.9 Å². The fourth-order valence-electron chi connectivity index (χ4n) is 2.22. The maximum absolute atomic E-state index is 10.8. The minimum atomic E-state index is -0.916. The Hall–Kier alpha value is -2.87. The molecule has 8 nitrogen and oxygen atoms in total. The number of amides is 2. The smallest absolute Gasteiger partial charge is 0.338 e. The Bertz CT molecular complexity index is 687. The van der Waals surface area contributed by atoms with Crippen LogP contribution in [-0.4, -0.2) is 44.2 Å². The largest absolute Gasteiger partial charge is 0.496 e. The van der Waals surface area contributed by atoms with E-state index in [0.717, 1.165) is 0 Å². The molecule has 24 heavy (non-hydrogen) atoms. The number of primary amides is 1. The first-order valence-electron chi connectivity index (χ1n) is 7.15. The van der Waals surface area contributed by atoms with Crippen LogP contribution in [-0.2, 0) is 6.42 Å². The Labute approximate surface area is 139 Å². The van der Waals surface area contributed by atoms with Gasteiger partial charge in [0.2, 0.25) is 0 Å². The van der Waals surface area contributed by atoms with Crippen molar-refractivity contribution in [3.8, 4) is 28.6 Å². The van der Waals surface area contributed by atoms with Gasteiger partial charge in [-0.05, 0) is 12.1 Å². The summed E-state index contributed by atoms with van der Waals surface area (Å²) in [7, 11) is 4.63. The van der Waals surface area contributed by atoms with Gasteiger partial charge in [-0.2, -0.15) is 0 Å². The first-order chi connectivity index (χ1) is 11.5. The Morgan fingerprint density at radius 3 is 2.29 bits per heavy atom. The molecule has 0 fully saturated rings. The highest BCUT2D eigenvalue weighted by molar-refractivity contribution is 5.75. The van der Waals surface area contributed by atoms with Crippen molar-refractivity contribution >= 4 is 6.03 Å². The maximum Gasteiger partial charge on any atom is 0.338 e. The van der Waals surface area contributed by atoms with E-state index in [-0.39, 0.29) is 6.54 Å². The molecule has 1 aromatic carbocycles. The van der Waals surface area contributed by atoms with Crippen LogP contribution in [0.25, 0.3) is 11.3 Å². The zero-order valence-electron chi connectivity index (χ0n) is 13.7. The van der Waals surface area contributed by atoms with Gasteiger partial charge in [-0.1, -0.05) is 0 Å². The highest BCUT2D eigenvalue weighted by Crippen LogP contribution is 2.42. The molecule has 0 aliphatic rings. The van der Waals surface area contributed by atoms with Crippen LogP contribution in [0.3, 0.4) is 0 Å². The molecular formula is C16H20N2O6. The van der Waals surface area contributed by atoms with Gasteiger partial charge >= 0.3 is 6.03 Å². The quantitative estimate of drug-likeness (QED) is 0.593. The van der Waals surface area contributed by atoms with Crippen molar-refractivity contribution in [2.45, 2.75) is 6.42 Å². The topological polar surface area (TPSA) is 107 Å². The number of hydrogen-bond donors (Lipinski definition) is 2. The minimum absolute atomic E-state index is 0.0270. The van der Waals surface area contributed by atoms with Crippen LogP contribution in [0.5, 0.6) is 17.2 Å². The van der Waals surface area contributed by atoms with E-state index in [0.29, 0.717) is 45.8 Å². The number of carbonyl (C=O) groups is 1. The summed E-state index contributed by atoms with van der Waals surface area (Å²) in [5.41, 5.74) is 5.60. The van der Waals surface area contributed by atoms with Gasteiger partial charge < -0.3 is 24.4 Å². The SMILES string of the molecule is COc1cc(OC)c(-c2ccc(CCN(O)C(N)=O)o2)c(OC)c1. The number of ether oxygens (including phenoxy) is 3. The molecule has 2 rings (SSSR count). The van der Waals surface area contributed by atoms with E-state index in [1.807, 2.05) is 0 Å². The highest BCUT2D eigenvalue weighted by atomic mass is 16.5. The average Bonchev–Trinajstić information content (AvgIpc) is 3.06. The summed E-state index contributed by atoms with van der Waals surface area (Å²) in [6, 6.07) is 6.03. The molecule has 0 spiro atoms. The number of nitrogens with zero attached hydrogens (tertiary/aromatic N) is 1. The van der Waals surface area contributed by atoms with Gasteiger partial charge in [-0.25, -0.2) is 9.86 Å². The predicted molar refractivity (Wildman–Crippen MR) is 85.6 cm³/mol. The molecule has 1 aromatic heterocycles. The zero-order chi connectivity index (χ0) is 17.7. The average molecular weight is 336 g/mol. The van der Waals surface area contributed by atoms with E-state index in [9.17, 15) is 10.0 Å². The summed E-state index contributed by atoms with van der Waals surface area (Å²) in [4.78, 5) is 10.8. The number of urea groups is 1. The lowest BCUT2D eigenvalue weighted by Crippen LogP contribution is -2.34. The van der Waals surface area contributed by atoms with Crippen molar-refractivity contribution in [1.29, 1.82) is 0 Å². The summed E-state index contributed by atoms with van der Waals surface area (Å²) in [5, 5.41) is 9.72. The molecule has 130 valence electrons. The fraction of sp³-hybridized carbons (Fsp3) is 0.312. The molecule has 2 aromatic rings. The molecule has 0 saturated carbocycles. The summed E-state index contributed by atoms with van der Waals surface area (Å²) >= 11 is 0. The Balaban J connectivity index is 2.30. The van der Waals surface area contributed by atoms with Crippen molar-refractivity contribution in [2.24, 2.45) is 5.73 Å². The monoisotopic (exact) mass is 336 g/mol. The molecule has 2 amide bonds. The third-order valence-electron chi connectivity index (χ3n) is 3.45. The normalized spacial score (nSPS) is 10.3. The van der Waals surface area contributed by atoms with Gasteiger partial charge in [-0.3, -0.25) is 5.21 Å². The van der Waals surface area contributed by atoms with Crippen LogP contribution in [0.2, 0.25) is 0 Å². The van der Waals surface area contributed by atoms with Crippen LogP contribution in [0.4, 0.5) is 4.79 Å². The third kappa shape index (κ3) is 3.72. The Morgan fingerprint density at radius 1 is 1.17 bits per heavy atom. The molecule has 0 atom stereocenters. The van der Waals surface area contributed by atoms with Crippen LogP contribution in [0.1, 0.15) is 5.76 Å². The molecule has 0 unspecified atom stereocenters. The second-order valence-electron chi connectivity index (χ2n) is 4.88. The predicted octanol–water partition coefficient (Wildman–Crippen LogP) is 2.28. The number of hydrogen-bond acceptors (Lipinski definition) is 6. The van der Waals surface area contributed by atoms with Crippen LogP contribution >= 0.6 is 0 Å². The van der Waals surface area contributed by atoms with E-state index >= 15 is 0 Å². The molecule has 0 aliphatic heterocycles. The molecule has 0 bridgehead atoms. The molecule has 0 radical (unpaired) electrons. The first kappa shape index (κ1) is 17.5. The van der Waals surface area contributed by atoms with Crippen molar-refractivity contribution in [1.82, 2.24) is 5.06 Å². The molecule has 1 heterocycles. The number of carbonyl (C=O) groups excluding carboxylic acids is 1. The maximum atomic E-state index is 10.8. The summed E-state index contributed by atoms with van der Waals surface area (Å²) in [6.07, 6.45) is 0.306. The van der Waals surface area contributed by atoms with E-state index in [2.05, 4.69) is 0 Å². The number of rotatable bonds is 7. The van der Waals surface area contributed by atoms with E-state index in [4.69, 9.17) is 24.4 Å².